The summed E-state index contributed by atoms with van der Waals surface area (Å²) in [6.45, 7) is 5.64. The van der Waals surface area contributed by atoms with Crippen LogP contribution in [0.5, 0.6) is 11.5 Å². The highest BCUT2D eigenvalue weighted by Crippen LogP contribution is 2.30. The van der Waals surface area contributed by atoms with E-state index in [1.807, 2.05) is 0 Å². The van der Waals surface area contributed by atoms with Gasteiger partial charge in [-0.25, -0.2) is 14.4 Å². The Balaban J connectivity index is 1.61. The van der Waals surface area contributed by atoms with E-state index in [2.05, 4.69) is 5.32 Å². The molecule has 1 aromatic carbocycles. The first-order valence-corrected chi connectivity index (χ1v) is 14.6. The fourth-order valence-electron chi connectivity index (χ4n) is 4.02. The van der Waals surface area contributed by atoms with E-state index in [0.717, 1.165) is 10.4 Å². The van der Waals surface area contributed by atoms with Gasteiger partial charge in [-0.05, 0) is 50.1 Å². The summed E-state index contributed by atoms with van der Waals surface area (Å²) in [5.74, 6) is -2.61. The number of hydrogen-bond acceptors (Lipinski definition) is 13. The average molecular weight is 635 g/mol. The van der Waals surface area contributed by atoms with Crippen molar-refractivity contribution in [1.29, 1.82) is 0 Å². The van der Waals surface area contributed by atoms with E-state index < -0.39 is 55.2 Å². The van der Waals surface area contributed by atoms with Gasteiger partial charge in [-0.15, -0.1) is 11.3 Å². The Labute approximate surface area is 257 Å². The van der Waals surface area contributed by atoms with Crippen molar-refractivity contribution in [3.05, 3.63) is 45.1 Å². The monoisotopic (exact) mass is 634 g/mol. The fraction of sp³-hybridized carbons (Fsp3) is 0.448. The van der Waals surface area contributed by atoms with Crippen LogP contribution in [0.3, 0.4) is 0 Å². The summed E-state index contributed by atoms with van der Waals surface area (Å²) in [5.41, 5.74) is 0.937. The minimum atomic E-state index is -1.03. The molecule has 1 N–H and O–H groups in total. The number of esters is 3. The van der Waals surface area contributed by atoms with Gasteiger partial charge >= 0.3 is 24.0 Å². The summed E-state index contributed by atoms with van der Waals surface area (Å²) >= 11 is 1.27. The second-order valence-corrected chi connectivity index (χ2v) is 10.4. The summed E-state index contributed by atoms with van der Waals surface area (Å²) in [6, 6.07) is 5.84. The normalized spacial score (nSPS) is 12.7. The van der Waals surface area contributed by atoms with Crippen LogP contribution in [0, 0.1) is 0 Å². The largest absolute Gasteiger partial charge is 0.478 e. The Bertz CT molecular complexity index is 1390. The van der Waals surface area contributed by atoms with Crippen molar-refractivity contribution in [2.24, 2.45) is 0 Å². The third-order valence-corrected chi connectivity index (χ3v) is 7.16. The molecule has 0 saturated carbocycles. The van der Waals surface area contributed by atoms with Crippen LogP contribution >= 0.6 is 11.3 Å². The number of nitrogens with zero attached hydrogens (tertiary/aromatic N) is 1. The highest BCUT2D eigenvalue weighted by molar-refractivity contribution is 7.14. The number of fused-ring (bicyclic) bond motifs is 1. The van der Waals surface area contributed by atoms with Gasteiger partial charge < -0.3 is 38.6 Å². The van der Waals surface area contributed by atoms with E-state index in [9.17, 15) is 28.8 Å². The molecule has 14 nitrogen and oxygen atoms in total. The number of carbonyl (C=O) groups excluding carboxylic acids is 6. The molecule has 2 amide bonds. The van der Waals surface area contributed by atoms with Crippen LogP contribution in [0.15, 0.2) is 24.3 Å². The molecule has 1 aliphatic rings. The summed E-state index contributed by atoms with van der Waals surface area (Å²) in [4.78, 5) is 75.6. The minimum Gasteiger partial charge on any atom is -0.478 e. The quantitative estimate of drug-likeness (QED) is 0.140. The second-order valence-electron chi connectivity index (χ2n) is 9.25. The van der Waals surface area contributed by atoms with E-state index in [4.69, 9.17) is 28.4 Å². The Hall–Kier alpha value is -4.66. The smallest absolute Gasteiger partial charge is 0.413 e. The van der Waals surface area contributed by atoms with Gasteiger partial charge in [-0.1, -0.05) is 0 Å². The SMILES string of the molecule is CCOC(=O)COc1ccc(C(=O)CNC(=O)c2cc3c(s2)CCN(C(=O)OC(C)OC(C)=O)C3)cc1OCC(=O)OCC. The molecule has 1 aliphatic heterocycles. The number of amides is 2. The number of Topliss-reactive ketones (excluding diaryl/α,β-unsaturated/α-hetero) is 1. The third-order valence-electron chi connectivity index (χ3n) is 5.92. The molecule has 1 unspecified atom stereocenters. The highest BCUT2D eigenvalue weighted by Gasteiger charge is 2.27. The van der Waals surface area contributed by atoms with Crippen molar-refractivity contribution in [3.8, 4) is 11.5 Å². The molecule has 44 heavy (non-hydrogen) atoms. The minimum absolute atomic E-state index is 0.0239. The Morgan fingerprint density at radius 3 is 2.23 bits per heavy atom. The van der Waals surface area contributed by atoms with Gasteiger partial charge in [0.05, 0.1) is 31.2 Å². The summed E-state index contributed by atoms with van der Waals surface area (Å²) in [7, 11) is 0. The number of hydrogen-bond donors (Lipinski definition) is 1. The van der Waals surface area contributed by atoms with Crippen LogP contribution in [0.4, 0.5) is 4.79 Å². The van der Waals surface area contributed by atoms with Crippen LogP contribution < -0.4 is 14.8 Å². The molecule has 1 aromatic heterocycles. The molecule has 15 heteroatoms. The lowest BCUT2D eigenvalue weighted by atomic mass is 10.1. The van der Waals surface area contributed by atoms with Gasteiger partial charge in [0.15, 0.2) is 30.5 Å². The zero-order chi connectivity index (χ0) is 32.2. The van der Waals surface area contributed by atoms with Crippen molar-refractivity contribution in [3.63, 3.8) is 0 Å². The molecule has 0 saturated heterocycles. The van der Waals surface area contributed by atoms with Crippen molar-refractivity contribution in [2.75, 3.05) is 39.5 Å². The predicted molar refractivity (Wildman–Crippen MR) is 154 cm³/mol. The molecule has 238 valence electrons. The molecule has 1 atom stereocenters. The van der Waals surface area contributed by atoms with Crippen molar-refractivity contribution < 1.29 is 57.2 Å². The molecule has 0 bridgehead atoms. The summed E-state index contributed by atoms with van der Waals surface area (Å²) in [5, 5.41) is 2.60. The van der Waals surface area contributed by atoms with E-state index in [0.29, 0.717) is 17.8 Å². The molecule has 0 radical (unpaired) electrons. The molecule has 2 aromatic rings. The maximum absolute atomic E-state index is 12.9. The average Bonchev–Trinajstić information content (AvgIpc) is 3.41. The lowest BCUT2D eigenvalue weighted by Gasteiger charge is -2.27. The number of carbonyl (C=O) groups is 6. The topological polar surface area (TPSA) is 173 Å². The van der Waals surface area contributed by atoms with Crippen LogP contribution in [0.2, 0.25) is 0 Å². The lowest BCUT2D eigenvalue weighted by molar-refractivity contribution is -0.163. The van der Waals surface area contributed by atoms with Gasteiger partial charge in [-0.3, -0.25) is 14.4 Å². The zero-order valence-corrected chi connectivity index (χ0v) is 25.6. The first kappa shape index (κ1) is 33.8. The third kappa shape index (κ3) is 9.97. The fourth-order valence-corrected chi connectivity index (χ4v) is 5.10. The maximum Gasteiger partial charge on any atom is 0.413 e. The van der Waals surface area contributed by atoms with Crippen molar-refractivity contribution in [2.45, 2.75) is 47.0 Å². The van der Waals surface area contributed by atoms with Crippen LogP contribution in [0.1, 0.15) is 58.2 Å². The molecule has 0 fully saturated rings. The number of ketones is 1. The number of nitrogens with one attached hydrogen (secondary N) is 1. The standard InChI is InChI=1S/C29H34N2O12S/c1-5-38-26(34)15-40-22-8-7-19(11-23(22)41-16-27(35)39-6-2)21(33)13-30-28(36)25-12-20-14-31(10-9-24(20)44-25)29(37)43-18(4)42-17(3)32/h7-8,11-12,18H,5-6,9-10,13-16H2,1-4H3,(H,30,36). The Kier molecular flexibility index (Phi) is 12.5. The van der Waals surface area contributed by atoms with Crippen LogP contribution in [-0.2, 0) is 46.3 Å². The van der Waals surface area contributed by atoms with Crippen molar-refractivity contribution >= 4 is 47.0 Å². The number of benzene rings is 1. The zero-order valence-electron chi connectivity index (χ0n) is 24.8. The molecule has 0 spiro atoms. The molecule has 0 aliphatic carbocycles. The predicted octanol–water partition coefficient (Wildman–Crippen LogP) is 2.65. The van der Waals surface area contributed by atoms with Gasteiger partial charge in [0, 0.05) is 30.8 Å². The molecular formula is C29H34N2O12S. The maximum atomic E-state index is 12.9. The van der Waals surface area contributed by atoms with E-state index in [-0.39, 0.29) is 43.4 Å². The second kappa shape index (κ2) is 16.3. The van der Waals surface area contributed by atoms with Gasteiger partial charge in [0.2, 0.25) is 6.29 Å². The number of thiophene rings is 1. The van der Waals surface area contributed by atoms with E-state index in [1.54, 1.807) is 19.9 Å². The van der Waals surface area contributed by atoms with E-state index >= 15 is 0 Å². The van der Waals surface area contributed by atoms with Crippen molar-refractivity contribution in [1.82, 2.24) is 10.2 Å². The number of rotatable bonds is 14. The Morgan fingerprint density at radius 1 is 0.932 bits per heavy atom. The van der Waals surface area contributed by atoms with Crippen LogP contribution in [-0.4, -0.2) is 86.4 Å². The van der Waals surface area contributed by atoms with Gasteiger partial charge in [0.1, 0.15) is 0 Å². The summed E-state index contributed by atoms with van der Waals surface area (Å²) < 4.78 is 30.6. The van der Waals surface area contributed by atoms with Gasteiger partial charge in [-0.2, -0.15) is 0 Å². The Morgan fingerprint density at radius 2 is 1.59 bits per heavy atom. The molecular weight excluding hydrogens is 600 g/mol. The molecule has 2 heterocycles. The van der Waals surface area contributed by atoms with Crippen LogP contribution in [0.25, 0.3) is 0 Å². The number of ether oxygens (including phenoxy) is 6. The van der Waals surface area contributed by atoms with Gasteiger partial charge in [0.25, 0.3) is 5.91 Å². The summed E-state index contributed by atoms with van der Waals surface area (Å²) in [6.07, 6.45) is -1.17. The first-order chi connectivity index (χ1) is 21.0. The van der Waals surface area contributed by atoms with E-state index in [1.165, 1.54) is 48.3 Å². The first-order valence-electron chi connectivity index (χ1n) is 13.8. The highest BCUT2D eigenvalue weighted by atomic mass is 32.1. The lowest BCUT2D eigenvalue weighted by Crippen LogP contribution is -2.38. The molecule has 3 rings (SSSR count).